The summed E-state index contributed by atoms with van der Waals surface area (Å²) in [5, 5.41) is 11.3. The van der Waals surface area contributed by atoms with Gasteiger partial charge in [0.25, 0.3) is 11.7 Å². The molecule has 1 N–H and O–H groups in total. The van der Waals surface area contributed by atoms with E-state index in [1.165, 1.54) is 0 Å². The summed E-state index contributed by atoms with van der Waals surface area (Å²) >= 11 is 0. The predicted molar refractivity (Wildman–Crippen MR) is 120 cm³/mol. The van der Waals surface area contributed by atoms with Crippen molar-refractivity contribution in [1.29, 1.82) is 0 Å². The quantitative estimate of drug-likeness (QED) is 0.440. The largest absolute Gasteiger partial charge is 0.507 e. The molecule has 0 radical (unpaired) electrons. The standard InChI is InChI=1S/C26H27NO5/c1-31-20-10-4-6-17(15-20)23-22(25(29)26(30)27(23)19-8-2-3-9-19)24(28)18-11-12-21-16(14-18)7-5-13-32-21/h4,6,10-12,14-15,19,23,28H,2-3,5,7-9,13H2,1H3/b24-22-. The van der Waals surface area contributed by atoms with E-state index in [1.54, 1.807) is 18.1 Å². The van der Waals surface area contributed by atoms with Crippen LogP contribution < -0.4 is 9.47 Å². The minimum absolute atomic E-state index is 0.00937. The number of methoxy groups -OCH3 is 1. The molecule has 1 amide bonds. The fourth-order valence-corrected chi connectivity index (χ4v) is 5.21. The monoisotopic (exact) mass is 433 g/mol. The van der Waals surface area contributed by atoms with Crippen molar-refractivity contribution in [3.05, 3.63) is 64.7 Å². The van der Waals surface area contributed by atoms with Crippen LogP contribution >= 0.6 is 0 Å². The SMILES string of the molecule is COc1cccc(C2/C(=C(/O)c3ccc4c(c3)CCCO4)C(=O)C(=O)N2C2CCCC2)c1. The molecule has 2 aromatic rings. The number of aryl methyl sites for hydroxylation is 1. The maximum Gasteiger partial charge on any atom is 0.295 e. The number of carbonyl (C=O) groups is 2. The van der Waals surface area contributed by atoms with Crippen LogP contribution in [0.4, 0.5) is 0 Å². The molecule has 2 aliphatic heterocycles. The average molecular weight is 434 g/mol. The Labute approximate surface area is 187 Å². The molecule has 2 aromatic carbocycles. The normalized spacial score (nSPS) is 22.7. The molecule has 0 aromatic heterocycles. The number of ether oxygens (including phenoxy) is 2. The van der Waals surface area contributed by atoms with E-state index in [9.17, 15) is 14.7 Å². The smallest absolute Gasteiger partial charge is 0.295 e. The van der Waals surface area contributed by atoms with Crippen molar-refractivity contribution in [1.82, 2.24) is 4.90 Å². The Morgan fingerprint density at radius 2 is 1.91 bits per heavy atom. The molecule has 1 unspecified atom stereocenters. The Kier molecular flexibility index (Phi) is 5.37. The number of nitrogens with zero attached hydrogens (tertiary/aromatic N) is 1. The molecule has 3 aliphatic rings. The molecule has 2 heterocycles. The van der Waals surface area contributed by atoms with E-state index >= 15 is 0 Å². The number of fused-ring (bicyclic) bond motifs is 1. The summed E-state index contributed by atoms with van der Waals surface area (Å²) in [7, 11) is 1.59. The Bertz CT molecular complexity index is 1100. The summed E-state index contributed by atoms with van der Waals surface area (Å²) in [5.41, 5.74) is 2.44. The first-order chi connectivity index (χ1) is 15.6. The zero-order valence-electron chi connectivity index (χ0n) is 18.2. The van der Waals surface area contributed by atoms with Gasteiger partial charge in [0, 0.05) is 11.6 Å². The third-order valence-electron chi connectivity index (χ3n) is 6.79. The van der Waals surface area contributed by atoms with Gasteiger partial charge in [-0.2, -0.15) is 0 Å². The molecule has 5 rings (SSSR count). The van der Waals surface area contributed by atoms with Gasteiger partial charge in [-0.05, 0) is 67.1 Å². The van der Waals surface area contributed by atoms with Gasteiger partial charge >= 0.3 is 0 Å². The summed E-state index contributed by atoms with van der Waals surface area (Å²) in [6.45, 7) is 0.681. The second-order valence-corrected chi connectivity index (χ2v) is 8.70. The van der Waals surface area contributed by atoms with Crippen molar-refractivity contribution in [3.63, 3.8) is 0 Å². The highest BCUT2D eigenvalue weighted by atomic mass is 16.5. The van der Waals surface area contributed by atoms with Crippen molar-refractivity contribution in [2.75, 3.05) is 13.7 Å². The van der Waals surface area contributed by atoms with Crippen LogP contribution in [0.15, 0.2) is 48.0 Å². The number of likely N-dealkylation sites (tertiary alicyclic amines) is 1. The van der Waals surface area contributed by atoms with E-state index in [-0.39, 0.29) is 17.4 Å². The first kappa shape index (κ1) is 20.6. The van der Waals surface area contributed by atoms with Crippen molar-refractivity contribution < 1.29 is 24.2 Å². The van der Waals surface area contributed by atoms with E-state index in [2.05, 4.69) is 0 Å². The van der Waals surface area contributed by atoms with E-state index < -0.39 is 17.7 Å². The lowest BCUT2D eigenvalue weighted by molar-refractivity contribution is -0.141. The molecule has 1 aliphatic carbocycles. The number of benzene rings is 2. The summed E-state index contributed by atoms with van der Waals surface area (Å²) in [6, 6.07) is 12.2. The van der Waals surface area contributed by atoms with Crippen LogP contribution in [-0.2, 0) is 16.0 Å². The second kappa shape index (κ2) is 8.34. The number of ketones is 1. The zero-order valence-corrected chi connectivity index (χ0v) is 18.2. The first-order valence-corrected chi connectivity index (χ1v) is 11.3. The minimum Gasteiger partial charge on any atom is -0.507 e. The van der Waals surface area contributed by atoms with Crippen LogP contribution in [-0.4, -0.2) is 41.5 Å². The van der Waals surface area contributed by atoms with Crippen molar-refractivity contribution in [3.8, 4) is 11.5 Å². The number of carbonyl (C=O) groups excluding carboxylic acids is 2. The third kappa shape index (κ3) is 3.44. The Morgan fingerprint density at radius 3 is 2.69 bits per heavy atom. The highest BCUT2D eigenvalue weighted by Gasteiger charge is 2.49. The molecule has 166 valence electrons. The highest BCUT2D eigenvalue weighted by molar-refractivity contribution is 6.46. The van der Waals surface area contributed by atoms with E-state index in [1.807, 2.05) is 36.4 Å². The first-order valence-electron chi connectivity index (χ1n) is 11.3. The predicted octanol–water partition coefficient (Wildman–Crippen LogP) is 4.38. The van der Waals surface area contributed by atoms with Gasteiger partial charge in [-0.1, -0.05) is 25.0 Å². The topological polar surface area (TPSA) is 76.1 Å². The molecule has 2 fully saturated rings. The summed E-state index contributed by atoms with van der Waals surface area (Å²) < 4.78 is 11.1. The summed E-state index contributed by atoms with van der Waals surface area (Å²) in [6.07, 6.45) is 5.55. The number of Topliss-reactive ketones (excluding diaryl/α,β-unsaturated/α-hetero) is 1. The minimum atomic E-state index is -0.638. The molecule has 6 heteroatoms. The molecule has 1 saturated carbocycles. The molecular weight excluding hydrogens is 406 g/mol. The molecular formula is C26H27NO5. The van der Waals surface area contributed by atoms with E-state index in [4.69, 9.17) is 9.47 Å². The van der Waals surface area contributed by atoms with Crippen LogP contribution in [0.5, 0.6) is 11.5 Å². The number of aliphatic hydroxyl groups excluding tert-OH is 1. The van der Waals surface area contributed by atoms with Gasteiger partial charge < -0.3 is 19.5 Å². The van der Waals surface area contributed by atoms with Crippen molar-refractivity contribution in [2.24, 2.45) is 0 Å². The van der Waals surface area contributed by atoms with Gasteiger partial charge in [-0.3, -0.25) is 9.59 Å². The van der Waals surface area contributed by atoms with Gasteiger partial charge in [-0.25, -0.2) is 0 Å². The van der Waals surface area contributed by atoms with Gasteiger partial charge in [0.1, 0.15) is 17.3 Å². The van der Waals surface area contributed by atoms with Gasteiger partial charge in [0.2, 0.25) is 0 Å². The molecule has 0 spiro atoms. The van der Waals surface area contributed by atoms with Gasteiger partial charge in [-0.15, -0.1) is 0 Å². The van der Waals surface area contributed by atoms with E-state index in [0.29, 0.717) is 17.9 Å². The lowest BCUT2D eigenvalue weighted by atomic mass is 9.93. The number of amides is 1. The molecule has 32 heavy (non-hydrogen) atoms. The molecule has 6 nitrogen and oxygen atoms in total. The van der Waals surface area contributed by atoms with Crippen LogP contribution in [0.1, 0.15) is 54.8 Å². The van der Waals surface area contributed by atoms with E-state index in [0.717, 1.165) is 55.4 Å². The van der Waals surface area contributed by atoms with Crippen LogP contribution in [0.3, 0.4) is 0 Å². The fraction of sp³-hybridized carbons (Fsp3) is 0.385. The summed E-state index contributed by atoms with van der Waals surface area (Å²) in [5.74, 6) is 0.155. The third-order valence-corrected chi connectivity index (χ3v) is 6.79. The van der Waals surface area contributed by atoms with Crippen LogP contribution in [0.2, 0.25) is 0 Å². The summed E-state index contributed by atoms with van der Waals surface area (Å²) in [4.78, 5) is 28.1. The number of rotatable bonds is 4. The second-order valence-electron chi connectivity index (χ2n) is 8.70. The molecule has 0 bridgehead atoms. The Balaban J connectivity index is 1.65. The van der Waals surface area contributed by atoms with Gasteiger partial charge in [0.05, 0.1) is 25.3 Å². The zero-order chi connectivity index (χ0) is 22.2. The Morgan fingerprint density at radius 1 is 1.09 bits per heavy atom. The van der Waals surface area contributed by atoms with Crippen molar-refractivity contribution in [2.45, 2.75) is 50.6 Å². The van der Waals surface area contributed by atoms with Crippen LogP contribution in [0.25, 0.3) is 5.76 Å². The Hall–Kier alpha value is -3.28. The van der Waals surface area contributed by atoms with Crippen LogP contribution in [0, 0.1) is 0 Å². The number of hydrogen-bond acceptors (Lipinski definition) is 5. The van der Waals surface area contributed by atoms with Gasteiger partial charge in [0.15, 0.2) is 0 Å². The maximum absolute atomic E-state index is 13.2. The lowest BCUT2D eigenvalue weighted by Crippen LogP contribution is -2.37. The fourth-order valence-electron chi connectivity index (χ4n) is 5.21. The van der Waals surface area contributed by atoms with Crippen molar-refractivity contribution >= 4 is 17.4 Å². The number of aliphatic hydroxyl groups is 1. The molecule has 1 saturated heterocycles. The number of hydrogen-bond donors (Lipinski definition) is 1. The average Bonchev–Trinajstić information content (AvgIpc) is 3.45. The highest BCUT2D eigenvalue weighted by Crippen LogP contribution is 2.44. The lowest BCUT2D eigenvalue weighted by Gasteiger charge is -2.31. The maximum atomic E-state index is 13.2. The molecule has 1 atom stereocenters.